The first-order valence-corrected chi connectivity index (χ1v) is 8.06. The van der Waals surface area contributed by atoms with Crippen molar-refractivity contribution in [2.24, 2.45) is 5.92 Å². The molecule has 1 heterocycles. The molecule has 0 spiro atoms. The lowest BCUT2D eigenvalue weighted by molar-refractivity contribution is -0.134. The van der Waals surface area contributed by atoms with Crippen molar-refractivity contribution in [2.45, 2.75) is 38.6 Å². The van der Waals surface area contributed by atoms with Crippen LogP contribution in [0.4, 0.5) is 0 Å². The Kier molecular flexibility index (Phi) is 5.22. The summed E-state index contributed by atoms with van der Waals surface area (Å²) in [5, 5.41) is 10.6. The minimum absolute atomic E-state index is 0.0999. The Morgan fingerprint density at radius 1 is 1.38 bits per heavy atom. The predicted octanol–water partition coefficient (Wildman–Crippen LogP) is 2.86. The van der Waals surface area contributed by atoms with Crippen molar-refractivity contribution in [3.05, 3.63) is 16.3 Å². The summed E-state index contributed by atoms with van der Waals surface area (Å²) < 4.78 is 5.37. The van der Waals surface area contributed by atoms with Crippen LogP contribution in [-0.2, 0) is 4.79 Å². The summed E-state index contributed by atoms with van der Waals surface area (Å²) in [5.41, 5.74) is 0. The van der Waals surface area contributed by atoms with Gasteiger partial charge in [-0.3, -0.25) is 4.79 Å². The van der Waals surface area contributed by atoms with E-state index in [-0.39, 0.29) is 29.2 Å². The molecule has 21 heavy (non-hydrogen) atoms. The van der Waals surface area contributed by atoms with Crippen molar-refractivity contribution in [3.8, 4) is 5.75 Å². The van der Waals surface area contributed by atoms with Crippen LogP contribution in [0.25, 0.3) is 0 Å². The Balaban J connectivity index is 1.86. The molecule has 116 valence electrons. The van der Waals surface area contributed by atoms with Crippen LogP contribution < -0.4 is 4.74 Å². The topological polar surface area (TPSA) is 66.8 Å². The fourth-order valence-corrected chi connectivity index (χ4v) is 3.31. The van der Waals surface area contributed by atoms with Gasteiger partial charge in [0, 0.05) is 13.1 Å². The maximum Gasteiger partial charge on any atom is 0.349 e. The number of hydrogen-bond acceptors (Lipinski definition) is 4. The molecule has 2 rings (SSSR count). The number of thiophene rings is 1. The number of nitrogens with zero attached hydrogens (tertiary/aromatic N) is 1. The van der Waals surface area contributed by atoms with Crippen molar-refractivity contribution in [2.75, 3.05) is 13.7 Å². The number of amides is 1. The summed E-state index contributed by atoms with van der Waals surface area (Å²) in [6, 6.07) is 1.86. The highest BCUT2D eigenvalue weighted by molar-refractivity contribution is 7.12. The molecular formula is C15H21NO4S. The summed E-state index contributed by atoms with van der Waals surface area (Å²) in [5.74, 6) is -0.115. The van der Waals surface area contributed by atoms with Crippen molar-refractivity contribution in [1.29, 1.82) is 0 Å². The number of hydrogen-bond donors (Lipinski definition) is 1. The molecule has 5 nitrogen and oxygen atoms in total. The van der Waals surface area contributed by atoms with E-state index >= 15 is 0 Å². The zero-order valence-electron chi connectivity index (χ0n) is 12.4. The molecule has 1 aromatic rings. The van der Waals surface area contributed by atoms with Crippen molar-refractivity contribution < 1.29 is 19.4 Å². The molecule has 0 saturated heterocycles. The highest BCUT2D eigenvalue weighted by Crippen LogP contribution is 2.27. The first kappa shape index (κ1) is 15.8. The zero-order valence-corrected chi connectivity index (χ0v) is 13.2. The van der Waals surface area contributed by atoms with Crippen LogP contribution in [-0.4, -0.2) is 41.6 Å². The average Bonchev–Trinajstić information content (AvgIpc) is 2.93. The van der Waals surface area contributed by atoms with Gasteiger partial charge >= 0.3 is 5.97 Å². The molecule has 6 heteroatoms. The van der Waals surface area contributed by atoms with Crippen molar-refractivity contribution in [1.82, 2.24) is 4.90 Å². The molecule has 1 N–H and O–H groups in total. The molecule has 1 aliphatic carbocycles. The highest BCUT2D eigenvalue weighted by atomic mass is 32.1. The zero-order chi connectivity index (χ0) is 15.4. The summed E-state index contributed by atoms with van der Waals surface area (Å²) in [4.78, 5) is 25.0. The van der Waals surface area contributed by atoms with E-state index in [1.165, 1.54) is 0 Å². The molecule has 1 amide bonds. The van der Waals surface area contributed by atoms with E-state index in [4.69, 9.17) is 9.84 Å². The second-order valence-corrected chi connectivity index (χ2v) is 6.54. The Morgan fingerprint density at radius 2 is 2.05 bits per heavy atom. The summed E-state index contributed by atoms with van der Waals surface area (Å²) in [6.45, 7) is 2.13. The fourth-order valence-electron chi connectivity index (χ4n) is 2.64. The van der Waals surface area contributed by atoms with Gasteiger partial charge in [-0.05, 0) is 43.0 Å². The molecule has 0 radical (unpaired) electrons. The lowest BCUT2D eigenvalue weighted by Gasteiger charge is -2.33. The fraction of sp³-hybridized carbons (Fsp3) is 0.600. The van der Waals surface area contributed by atoms with E-state index in [0.717, 1.165) is 42.9 Å². The minimum Gasteiger partial charge on any atom is -0.482 e. The number of ether oxygens (including phenoxy) is 1. The van der Waals surface area contributed by atoms with Gasteiger partial charge in [0.15, 0.2) is 11.5 Å². The van der Waals surface area contributed by atoms with Crippen LogP contribution in [0.15, 0.2) is 11.4 Å². The average molecular weight is 311 g/mol. The standard InChI is InChI=1S/C15H21NO4S/c1-10-3-5-11(6-4-10)16(2)13(17)9-20-12-7-8-21-14(12)15(18)19/h7-8,10-11H,3-6,9H2,1-2H3,(H,18,19). The third-order valence-electron chi connectivity index (χ3n) is 4.10. The third kappa shape index (κ3) is 3.97. The summed E-state index contributed by atoms with van der Waals surface area (Å²) >= 11 is 1.10. The molecule has 1 saturated carbocycles. The van der Waals surface area contributed by atoms with Gasteiger partial charge < -0.3 is 14.7 Å². The third-order valence-corrected chi connectivity index (χ3v) is 4.98. The van der Waals surface area contributed by atoms with Gasteiger partial charge in [-0.2, -0.15) is 0 Å². The van der Waals surface area contributed by atoms with Gasteiger partial charge in [0.2, 0.25) is 0 Å². The van der Waals surface area contributed by atoms with E-state index in [1.54, 1.807) is 23.4 Å². The van der Waals surface area contributed by atoms with E-state index in [0.29, 0.717) is 0 Å². The lowest BCUT2D eigenvalue weighted by atomic mass is 9.87. The van der Waals surface area contributed by atoms with E-state index < -0.39 is 5.97 Å². The van der Waals surface area contributed by atoms with Crippen LogP contribution in [0.1, 0.15) is 42.3 Å². The second kappa shape index (κ2) is 6.93. The second-order valence-electron chi connectivity index (χ2n) is 5.63. The van der Waals surface area contributed by atoms with Gasteiger partial charge in [-0.25, -0.2) is 4.79 Å². The smallest absolute Gasteiger partial charge is 0.349 e. The number of carbonyl (C=O) groups is 2. The Labute approximate surface area is 128 Å². The first-order valence-electron chi connectivity index (χ1n) is 7.18. The van der Waals surface area contributed by atoms with Gasteiger partial charge in [-0.1, -0.05) is 6.92 Å². The Morgan fingerprint density at radius 3 is 2.67 bits per heavy atom. The molecule has 0 aromatic carbocycles. The quantitative estimate of drug-likeness (QED) is 0.908. The van der Waals surface area contributed by atoms with Crippen LogP contribution in [0, 0.1) is 5.92 Å². The number of aromatic carboxylic acids is 1. The van der Waals surface area contributed by atoms with Gasteiger partial charge in [-0.15, -0.1) is 11.3 Å². The van der Waals surface area contributed by atoms with E-state index in [2.05, 4.69) is 6.92 Å². The summed E-state index contributed by atoms with van der Waals surface area (Å²) in [6.07, 6.45) is 4.36. The largest absolute Gasteiger partial charge is 0.482 e. The Hall–Kier alpha value is -1.56. The Bertz CT molecular complexity index is 506. The molecule has 0 aliphatic heterocycles. The van der Waals surface area contributed by atoms with Crippen LogP contribution in [0.3, 0.4) is 0 Å². The van der Waals surface area contributed by atoms with Gasteiger partial charge in [0.25, 0.3) is 5.91 Å². The number of carbonyl (C=O) groups excluding carboxylic acids is 1. The van der Waals surface area contributed by atoms with E-state index in [9.17, 15) is 9.59 Å². The number of carboxylic acid groups (broad SMARTS) is 1. The minimum atomic E-state index is -1.03. The molecule has 0 atom stereocenters. The van der Waals surface area contributed by atoms with E-state index in [1.807, 2.05) is 0 Å². The van der Waals surface area contributed by atoms with Crippen molar-refractivity contribution >= 4 is 23.2 Å². The monoisotopic (exact) mass is 311 g/mol. The normalized spacial score (nSPS) is 21.8. The first-order chi connectivity index (χ1) is 9.99. The molecule has 1 fully saturated rings. The highest BCUT2D eigenvalue weighted by Gasteiger charge is 2.25. The van der Waals surface area contributed by atoms with Crippen LogP contribution in [0.5, 0.6) is 5.75 Å². The SMILES string of the molecule is CC1CCC(N(C)C(=O)COc2ccsc2C(=O)O)CC1. The van der Waals surface area contributed by atoms with Gasteiger partial charge in [0.05, 0.1) is 0 Å². The van der Waals surface area contributed by atoms with Gasteiger partial charge in [0.1, 0.15) is 5.75 Å². The lowest BCUT2D eigenvalue weighted by Crippen LogP contribution is -2.41. The maximum absolute atomic E-state index is 12.2. The number of likely N-dealkylation sites (N-methyl/N-ethyl adjacent to an activating group) is 1. The predicted molar refractivity (Wildman–Crippen MR) is 81.0 cm³/mol. The molecule has 1 aliphatic rings. The molecule has 1 aromatic heterocycles. The number of carboxylic acids is 1. The van der Waals surface area contributed by atoms with Crippen molar-refractivity contribution in [3.63, 3.8) is 0 Å². The van der Waals surface area contributed by atoms with Crippen LogP contribution >= 0.6 is 11.3 Å². The molecular weight excluding hydrogens is 290 g/mol. The summed E-state index contributed by atoms with van der Waals surface area (Å²) in [7, 11) is 1.80. The molecule has 0 bridgehead atoms. The number of rotatable bonds is 5. The van der Waals surface area contributed by atoms with Crippen LogP contribution in [0.2, 0.25) is 0 Å². The maximum atomic E-state index is 12.2. The molecule has 0 unspecified atom stereocenters.